The van der Waals surface area contributed by atoms with Crippen LogP contribution in [-0.2, 0) is 9.47 Å². The molecule has 4 unspecified atom stereocenters. The Morgan fingerprint density at radius 2 is 1.52 bits per heavy atom. The van der Waals surface area contributed by atoms with Crippen molar-refractivity contribution in [3.05, 3.63) is 30.1 Å². The molecule has 3 aliphatic rings. The van der Waals surface area contributed by atoms with Crippen LogP contribution in [0.4, 0.5) is 0 Å². The van der Waals surface area contributed by atoms with Crippen LogP contribution >= 0.6 is 0 Å². The van der Waals surface area contributed by atoms with E-state index in [4.69, 9.17) is 14.9 Å². The Balaban J connectivity index is 1.88. The van der Waals surface area contributed by atoms with Crippen molar-refractivity contribution in [1.29, 1.82) is 21.2 Å². The van der Waals surface area contributed by atoms with Crippen LogP contribution in [0, 0.1) is 56.2 Å². The minimum Gasteiger partial charge on any atom is -0.447 e. The molecule has 1 saturated carbocycles. The normalized spacial score (nSPS) is 35.1. The molecule has 7 nitrogen and oxygen atoms in total. The number of ether oxygens (including phenoxy) is 2. The molecule has 0 amide bonds. The van der Waals surface area contributed by atoms with E-state index in [1.807, 2.05) is 0 Å². The molecule has 4 rings (SSSR count). The molecular weight excluding hydrogens is 390 g/mol. The molecule has 0 aromatic carbocycles. The molecule has 7 heteroatoms. The van der Waals surface area contributed by atoms with Gasteiger partial charge in [-0.25, -0.2) is 0 Å². The van der Waals surface area contributed by atoms with Crippen molar-refractivity contribution in [1.82, 2.24) is 4.98 Å². The van der Waals surface area contributed by atoms with Gasteiger partial charge in [-0.05, 0) is 30.5 Å². The Bertz CT molecular complexity index is 945. The third-order valence-electron chi connectivity index (χ3n) is 7.33. The third kappa shape index (κ3) is 3.01. The largest absolute Gasteiger partial charge is 0.447 e. The van der Waals surface area contributed by atoms with Crippen LogP contribution in [0.15, 0.2) is 24.5 Å². The zero-order valence-corrected chi connectivity index (χ0v) is 17.6. The van der Waals surface area contributed by atoms with E-state index in [-0.39, 0.29) is 5.90 Å². The van der Waals surface area contributed by atoms with Gasteiger partial charge in [-0.1, -0.05) is 44.9 Å². The summed E-state index contributed by atoms with van der Waals surface area (Å²) >= 11 is 0. The number of hydrogen-bond donors (Lipinski definition) is 1. The van der Waals surface area contributed by atoms with Crippen molar-refractivity contribution in [2.24, 2.45) is 16.7 Å². The fourth-order valence-corrected chi connectivity index (χ4v) is 5.76. The molecule has 1 aromatic rings. The second-order valence-corrected chi connectivity index (χ2v) is 8.89. The Morgan fingerprint density at radius 1 is 0.903 bits per heavy atom. The molecule has 3 heterocycles. The van der Waals surface area contributed by atoms with Crippen molar-refractivity contribution in [2.45, 2.75) is 76.1 Å². The van der Waals surface area contributed by atoms with Gasteiger partial charge in [-0.3, -0.25) is 10.4 Å². The summed E-state index contributed by atoms with van der Waals surface area (Å²) in [5.74, 6) is -2.00. The molecule has 31 heavy (non-hydrogen) atoms. The Kier molecular flexibility index (Phi) is 5.69. The summed E-state index contributed by atoms with van der Waals surface area (Å²) in [6.07, 6.45) is 11.7. The number of nitrogens with zero attached hydrogens (tertiary/aromatic N) is 4. The second-order valence-electron chi connectivity index (χ2n) is 8.89. The minimum atomic E-state index is -1.89. The molecule has 160 valence electrons. The number of rotatable bonds is 1. The summed E-state index contributed by atoms with van der Waals surface area (Å²) < 4.78 is 12.7. The average Bonchev–Trinajstić information content (AvgIpc) is 2.97. The third-order valence-corrected chi connectivity index (χ3v) is 7.33. The predicted molar refractivity (Wildman–Crippen MR) is 111 cm³/mol. The highest BCUT2D eigenvalue weighted by Crippen LogP contribution is 2.68. The molecule has 3 fully saturated rings. The van der Waals surface area contributed by atoms with Crippen LogP contribution in [0.3, 0.4) is 0 Å². The fraction of sp³-hybridized carbons (Fsp3) is 0.625. The van der Waals surface area contributed by atoms with Crippen LogP contribution in [0.2, 0.25) is 0 Å². The van der Waals surface area contributed by atoms with E-state index >= 15 is 0 Å². The van der Waals surface area contributed by atoms with E-state index in [9.17, 15) is 15.8 Å². The maximum atomic E-state index is 10.5. The number of nitriles is 3. The lowest BCUT2D eigenvalue weighted by Crippen LogP contribution is -2.59. The quantitative estimate of drug-likeness (QED) is 0.690. The zero-order valence-electron chi connectivity index (χ0n) is 17.6. The van der Waals surface area contributed by atoms with E-state index in [0.717, 1.165) is 38.5 Å². The van der Waals surface area contributed by atoms with Crippen LogP contribution in [0.5, 0.6) is 0 Å². The predicted octanol–water partition coefficient (Wildman–Crippen LogP) is 4.93. The Hall–Kier alpha value is -2.95. The lowest BCUT2D eigenvalue weighted by Gasteiger charge is -2.50. The van der Waals surface area contributed by atoms with Gasteiger partial charge in [0.2, 0.25) is 17.1 Å². The van der Waals surface area contributed by atoms with Gasteiger partial charge in [0.05, 0.1) is 24.1 Å². The first-order chi connectivity index (χ1) is 15.1. The first-order valence-corrected chi connectivity index (χ1v) is 11.2. The Morgan fingerprint density at radius 3 is 2.13 bits per heavy atom. The summed E-state index contributed by atoms with van der Waals surface area (Å²) in [6, 6.07) is 9.94. The van der Waals surface area contributed by atoms with Gasteiger partial charge in [-0.2, -0.15) is 15.8 Å². The number of hydrogen-bond acceptors (Lipinski definition) is 7. The maximum Gasteiger partial charge on any atom is 0.217 e. The summed E-state index contributed by atoms with van der Waals surface area (Å²) in [4.78, 5) is 4.04. The Labute approximate surface area is 183 Å². The zero-order chi connectivity index (χ0) is 22.0. The van der Waals surface area contributed by atoms with Gasteiger partial charge in [0.15, 0.2) is 5.41 Å². The molecular formula is C24H27N5O2. The molecule has 0 spiro atoms. The van der Waals surface area contributed by atoms with Gasteiger partial charge in [0, 0.05) is 18.8 Å². The summed E-state index contributed by atoms with van der Waals surface area (Å²) in [5.41, 5.74) is -2.96. The first kappa shape index (κ1) is 21.3. The lowest BCUT2D eigenvalue weighted by molar-refractivity contribution is -0.287. The summed E-state index contributed by atoms with van der Waals surface area (Å²) in [6.45, 7) is 0. The van der Waals surface area contributed by atoms with E-state index in [2.05, 4.69) is 23.2 Å². The van der Waals surface area contributed by atoms with Crippen molar-refractivity contribution >= 4 is 5.90 Å². The van der Waals surface area contributed by atoms with Crippen LogP contribution < -0.4 is 0 Å². The highest BCUT2D eigenvalue weighted by atomic mass is 16.7. The van der Waals surface area contributed by atoms with Crippen molar-refractivity contribution in [2.75, 3.05) is 0 Å². The second kappa shape index (κ2) is 8.29. The van der Waals surface area contributed by atoms with Gasteiger partial charge in [0.25, 0.3) is 0 Å². The van der Waals surface area contributed by atoms with E-state index in [1.54, 1.807) is 24.5 Å². The van der Waals surface area contributed by atoms with Gasteiger partial charge < -0.3 is 9.47 Å². The molecule has 2 bridgehead atoms. The van der Waals surface area contributed by atoms with Crippen LogP contribution in [-0.4, -0.2) is 16.7 Å². The molecule has 4 atom stereocenters. The average molecular weight is 418 g/mol. The van der Waals surface area contributed by atoms with Crippen LogP contribution in [0.25, 0.3) is 0 Å². The highest BCUT2D eigenvalue weighted by Gasteiger charge is 2.79. The molecule has 2 aliphatic heterocycles. The standard InChI is InChI=1S/C24H27N5O2/c25-15-22(16-26)20(18-10-13-29-14-11-18)30-24-12-8-6-4-2-1-3-5-7-9-19(24)23(22,17-27)21(28)31-24/h10-11,13-14,19-20,28H,1-9,12H2. The lowest BCUT2D eigenvalue weighted by atomic mass is 9.52. The van der Waals surface area contributed by atoms with Crippen molar-refractivity contribution in [3.8, 4) is 18.2 Å². The van der Waals surface area contributed by atoms with Gasteiger partial charge in [0.1, 0.15) is 6.10 Å². The molecule has 1 N–H and O–H groups in total. The minimum absolute atomic E-state index is 0.297. The van der Waals surface area contributed by atoms with Crippen molar-refractivity contribution in [3.63, 3.8) is 0 Å². The van der Waals surface area contributed by atoms with Gasteiger partial charge >= 0.3 is 0 Å². The summed E-state index contributed by atoms with van der Waals surface area (Å²) in [5, 5.41) is 39.9. The molecule has 1 aliphatic carbocycles. The van der Waals surface area contributed by atoms with Crippen LogP contribution in [0.1, 0.15) is 75.9 Å². The SMILES string of the molecule is N#CC1(C#N)C(c2ccncc2)OC23CCCCCCCCCCC2C1(C#N)C(=N)O3. The van der Waals surface area contributed by atoms with Gasteiger partial charge in [-0.15, -0.1) is 0 Å². The highest BCUT2D eigenvalue weighted by molar-refractivity contribution is 5.89. The summed E-state index contributed by atoms with van der Waals surface area (Å²) in [7, 11) is 0. The topological polar surface area (TPSA) is 127 Å². The van der Waals surface area contributed by atoms with E-state index in [1.165, 1.54) is 12.8 Å². The monoisotopic (exact) mass is 417 g/mol. The number of aromatic nitrogens is 1. The smallest absolute Gasteiger partial charge is 0.217 e. The molecule has 1 aromatic heterocycles. The molecule has 0 radical (unpaired) electrons. The first-order valence-electron chi connectivity index (χ1n) is 11.2. The van der Waals surface area contributed by atoms with E-state index < -0.39 is 28.6 Å². The maximum absolute atomic E-state index is 10.5. The number of nitrogens with one attached hydrogen (secondary N) is 1. The fourth-order valence-electron chi connectivity index (χ4n) is 5.76. The number of pyridine rings is 1. The molecule has 2 saturated heterocycles. The van der Waals surface area contributed by atoms with E-state index in [0.29, 0.717) is 18.4 Å². The van der Waals surface area contributed by atoms with Crippen molar-refractivity contribution < 1.29 is 9.47 Å².